The van der Waals surface area contributed by atoms with Crippen molar-refractivity contribution in [3.8, 4) is 11.8 Å². The van der Waals surface area contributed by atoms with Gasteiger partial charge in [-0.15, -0.1) is 11.8 Å². The first-order valence-electron chi connectivity index (χ1n) is 6.45. The number of ether oxygens (including phenoxy) is 1. The maximum absolute atomic E-state index is 6.31. The van der Waals surface area contributed by atoms with Crippen LogP contribution >= 0.6 is 0 Å². The summed E-state index contributed by atoms with van der Waals surface area (Å²) in [7, 11) is 1.82. The van der Waals surface area contributed by atoms with Crippen LogP contribution in [-0.2, 0) is 4.74 Å². The Balaban J connectivity index is 2.56. The summed E-state index contributed by atoms with van der Waals surface area (Å²) >= 11 is 0. The molecule has 2 nitrogen and oxygen atoms in total. The van der Waals surface area contributed by atoms with Gasteiger partial charge in [0, 0.05) is 19.6 Å². The van der Waals surface area contributed by atoms with Crippen molar-refractivity contribution in [3.63, 3.8) is 0 Å². The van der Waals surface area contributed by atoms with Crippen LogP contribution in [0.4, 0.5) is 0 Å². The van der Waals surface area contributed by atoms with Gasteiger partial charge in [0.05, 0.1) is 5.60 Å². The van der Waals surface area contributed by atoms with Gasteiger partial charge in [-0.25, -0.2) is 0 Å². The normalized spacial score (nSPS) is 21.7. The Morgan fingerprint density at radius 1 is 1.25 bits per heavy atom. The lowest BCUT2D eigenvalue weighted by atomic mass is 9.84. The molecule has 1 fully saturated rings. The highest BCUT2D eigenvalue weighted by Crippen LogP contribution is 2.33. The Bertz CT molecular complexity index is 243. The van der Waals surface area contributed by atoms with Crippen LogP contribution in [0.3, 0.4) is 0 Å². The lowest BCUT2D eigenvalue weighted by Gasteiger charge is -2.37. The van der Waals surface area contributed by atoms with E-state index in [0.29, 0.717) is 0 Å². The van der Waals surface area contributed by atoms with E-state index in [4.69, 9.17) is 10.5 Å². The van der Waals surface area contributed by atoms with Crippen LogP contribution in [0.2, 0.25) is 0 Å². The smallest absolute Gasteiger partial charge is 0.0829 e. The second kappa shape index (κ2) is 6.93. The molecule has 1 saturated carbocycles. The van der Waals surface area contributed by atoms with Crippen molar-refractivity contribution in [2.45, 2.75) is 69.9 Å². The Morgan fingerprint density at radius 2 is 1.88 bits per heavy atom. The topological polar surface area (TPSA) is 35.2 Å². The molecule has 0 saturated heterocycles. The number of hydrogen-bond acceptors (Lipinski definition) is 2. The Hall–Kier alpha value is -0.520. The fourth-order valence-corrected chi connectivity index (χ4v) is 2.67. The van der Waals surface area contributed by atoms with Gasteiger partial charge in [-0.05, 0) is 26.2 Å². The maximum atomic E-state index is 6.31. The highest BCUT2D eigenvalue weighted by Gasteiger charge is 2.36. The lowest BCUT2D eigenvalue weighted by Crippen LogP contribution is -2.49. The molecule has 0 aromatic rings. The van der Waals surface area contributed by atoms with Crippen molar-refractivity contribution < 1.29 is 4.74 Å². The first-order valence-corrected chi connectivity index (χ1v) is 6.45. The first-order chi connectivity index (χ1) is 7.75. The number of hydrogen-bond donors (Lipinski definition) is 1. The highest BCUT2D eigenvalue weighted by atomic mass is 16.5. The van der Waals surface area contributed by atoms with E-state index in [-0.39, 0.29) is 11.6 Å². The van der Waals surface area contributed by atoms with E-state index in [1.807, 2.05) is 14.0 Å². The van der Waals surface area contributed by atoms with Gasteiger partial charge in [0.1, 0.15) is 0 Å². The third-order valence-electron chi connectivity index (χ3n) is 3.79. The Morgan fingerprint density at radius 3 is 2.38 bits per heavy atom. The first kappa shape index (κ1) is 13.5. The van der Waals surface area contributed by atoms with Crippen LogP contribution in [0.5, 0.6) is 0 Å². The molecule has 1 aliphatic carbocycles. The van der Waals surface area contributed by atoms with Crippen molar-refractivity contribution in [1.82, 2.24) is 0 Å². The summed E-state index contributed by atoms with van der Waals surface area (Å²) in [4.78, 5) is 0. The third-order valence-corrected chi connectivity index (χ3v) is 3.79. The van der Waals surface area contributed by atoms with E-state index >= 15 is 0 Å². The van der Waals surface area contributed by atoms with Gasteiger partial charge in [-0.3, -0.25) is 0 Å². The molecular formula is C14H25NO. The minimum absolute atomic E-state index is 0.0775. The molecule has 0 aliphatic heterocycles. The van der Waals surface area contributed by atoms with Crippen molar-refractivity contribution in [1.29, 1.82) is 0 Å². The van der Waals surface area contributed by atoms with Gasteiger partial charge in [0.2, 0.25) is 0 Å². The van der Waals surface area contributed by atoms with Crippen LogP contribution < -0.4 is 5.73 Å². The minimum atomic E-state index is -0.0775. The standard InChI is InChI=1S/C14H25NO/c1-3-4-7-10-13(15)14(16-2)11-8-5-6-9-12-14/h13H,5-12,15H2,1-2H3. The van der Waals surface area contributed by atoms with Crippen LogP contribution in [0.25, 0.3) is 0 Å². The summed E-state index contributed by atoms with van der Waals surface area (Å²) in [5.74, 6) is 6.01. The zero-order valence-corrected chi connectivity index (χ0v) is 10.7. The Labute approximate surface area is 99.9 Å². The quantitative estimate of drug-likeness (QED) is 0.587. The minimum Gasteiger partial charge on any atom is -0.377 e. The van der Waals surface area contributed by atoms with E-state index in [0.717, 1.165) is 25.7 Å². The molecule has 0 aromatic heterocycles. The predicted molar refractivity (Wildman–Crippen MR) is 68.1 cm³/mol. The molecule has 0 bridgehead atoms. The summed E-state index contributed by atoms with van der Waals surface area (Å²) in [5.41, 5.74) is 6.23. The molecule has 1 atom stereocenters. The summed E-state index contributed by atoms with van der Waals surface area (Å²) in [6.45, 7) is 1.88. The SMILES string of the molecule is CC#CCCC(N)C1(OC)CCCCCC1. The van der Waals surface area contributed by atoms with E-state index in [1.165, 1.54) is 25.7 Å². The van der Waals surface area contributed by atoms with Gasteiger partial charge < -0.3 is 10.5 Å². The molecule has 1 aliphatic rings. The van der Waals surface area contributed by atoms with Gasteiger partial charge in [-0.2, -0.15) is 0 Å². The van der Waals surface area contributed by atoms with E-state index in [1.54, 1.807) is 0 Å². The molecule has 16 heavy (non-hydrogen) atoms. The summed E-state index contributed by atoms with van der Waals surface area (Å²) in [6.07, 6.45) is 9.23. The van der Waals surface area contributed by atoms with Crippen molar-refractivity contribution in [3.05, 3.63) is 0 Å². The molecule has 0 aromatic carbocycles. The van der Waals surface area contributed by atoms with Gasteiger partial charge >= 0.3 is 0 Å². The van der Waals surface area contributed by atoms with E-state index < -0.39 is 0 Å². The number of methoxy groups -OCH3 is 1. The predicted octanol–water partition coefficient (Wildman–Crippen LogP) is 2.86. The zero-order valence-electron chi connectivity index (χ0n) is 10.7. The monoisotopic (exact) mass is 223 g/mol. The number of nitrogens with two attached hydrogens (primary N) is 1. The lowest BCUT2D eigenvalue weighted by molar-refractivity contribution is -0.0446. The van der Waals surface area contributed by atoms with Crippen molar-refractivity contribution >= 4 is 0 Å². The second-order valence-electron chi connectivity index (χ2n) is 4.76. The van der Waals surface area contributed by atoms with Gasteiger partial charge in [0.25, 0.3) is 0 Å². The fraction of sp³-hybridized carbons (Fsp3) is 0.857. The maximum Gasteiger partial charge on any atom is 0.0829 e. The molecular weight excluding hydrogens is 198 g/mol. The van der Waals surface area contributed by atoms with Crippen LogP contribution in [0.1, 0.15) is 58.3 Å². The van der Waals surface area contributed by atoms with Gasteiger partial charge in [-0.1, -0.05) is 25.7 Å². The highest BCUT2D eigenvalue weighted by molar-refractivity contribution is 4.99. The number of rotatable bonds is 4. The molecule has 0 heterocycles. The Kier molecular flexibility index (Phi) is 5.87. The summed E-state index contributed by atoms with van der Waals surface area (Å²) < 4.78 is 5.78. The van der Waals surface area contributed by atoms with E-state index in [2.05, 4.69) is 11.8 Å². The van der Waals surface area contributed by atoms with Gasteiger partial charge in [0.15, 0.2) is 0 Å². The zero-order chi connectivity index (χ0) is 11.9. The van der Waals surface area contributed by atoms with Crippen LogP contribution in [-0.4, -0.2) is 18.8 Å². The van der Waals surface area contributed by atoms with Crippen molar-refractivity contribution in [2.24, 2.45) is 5.73 Å². The molecule has 0 amide bonds. The molecule has 1 unspecified atom stereocenters. The molecule has 92 valence electrons. The average molecular weight is 223 g/mol. The van der Waals surface area contributed by atoms with Crippen LogP contribution in [0.15, 0.2) is 0 Å². The van der Waals surface area contributed by atoms with Crippen molar-refractivity contribution in [2.75, 3.05) is 7.11 Å². The molecule has 0 radical (unpaired) electrons. The largest absolute Gasteiger partial charge is 0.377 e. The molecule has 0 spiro atoms. The molecule has 1 rings (SSSR count). The second-order valence-corrected chi connectivity index (χ2v) is 4.76. The third kappa shape index (κ3) is 3.50. The van der Waals surface area contributed by atoms with Crippen LogP contribution in [0, 0.1) is 11.8 Å². The summed E-state index contributed by atoms with van der Waals surface area (Å²) in [5, 5.41) is 0. The fourth-order valence-electron chi connectivity index (χ4n) is 2.67. The van der Waals surface area contributed by atoms with E-state index in [9.17, 15) is 0 Å². The molecule has 2 N–H and O–H groups in total. The summed E-state index contributed by atoms with van der Waals surface area (Å²) in [6, 6.07) is 0.136. The molecule has 2 heteroatoms. The average Bonchev–Trinajstić information content (AvgIpc) is 2.55.